The molecular weight excluding hydrogens is 154 g/mol. The summed E-state index contributed by atoms with van der Waals surface area (Å²) in [6, 6.07) is 0. The summed E-state index contributed by atoms with van der Waals surface area (Å²) in [6.45, 7) is 7.09. The van der Waals surface area contributed by atoms with Gasteiger partial charge in [0.15, 0.2) is 0 Å². The SMILES string of the molecule is CC.CN1CC(O)CC(C)(O)C1. The smallest absolute Gasteiger partial charge is 0.0771 e. The summed E-state index contributed by atoms with van der Waals surface area (Å²) in [4.78, 5) is 1.94. The van der Waals surface area contributed by atoms with Crippen LogP contribution in [0.15, 0.2) is 0 Å². The molecule has 1 rings (SSSR count). The molecule has 1 heterocycles. The first-order valence-corrected chi connectivity index (χ1v) is 4.59. The van der Waals surface area contributed by atoms with E-state index in [2.05, 4.69) is 0 Å². The maximum Gasteiger partial charge on any atom is 0.0771 e. The second-order valence-electron chi connectivity index (χ2n) is 3.55. The predicted molar refractivity (Wildman–Crippen MR) is 50.1 cm³/mol. The molecule has 0 radical (unpaired) electrons. The van der Waals surface area contributed by atoms with Crippen molar-refractivity contribution >= 4 is 0 Å². The summed E-state index contributed by atoms with van der Waals surface area (Å²) in [5, 5.41) is 18.7. The summed E-state index contributed by atoms with van der Waals surface area (Å²) in [6.07, 6.45) is 0.130. The van der Waals surface area contributed by atoms with Crippen molar-refractivity contribution in [3.05, 3.63) is 0 Å². The molecule has 0 aromatic heterocycles. The number of nitrogens with zero attached hydrogens (tertiary/aromatic N) is 1. The molecule has 0 aromatic carbocycles. The van der Waals surface area contributed by atoms with Crippen LogP contribution in [0, 0.1) is 0 Å². The number of hydrogen-bond acceptors (Lipinski definition) is 3. The van der Waals surface area contributed by atoms with Crippen LogP contribution in [0.5, 0.6) is 0 Å². The molecule has 1 fully saturated rings. The van der Waals surface area contributed by atoms with E-state index in [4.69, 9.17) is 0 Å². The van der Waals surface area contributed by atoms with Crippen molar-refractivity contribution in [3.63, 3.8) is 0 Å². The molecule has 0 amide bonds. The zero-order valence-corrected chi connectivity index (χ0v) is 8.54. The van der Waals surface area contributed by atoms with E-state index in [0.717, 1.165) is 0 Å². The van der Waals surface area contributed by atoms with Gasteiger partial charge in [-0.2, -0.15) is 0 Å². The van der Waals surface area contributed by atoms with E-state index in [9.17, 15) is 10.2 Å². The van der Waals surface area contributed by atoms with Gasteiger partial charge in [0.2, 0.25) is 0 Å². The second-order valence-corrected chi connectivity index (χ2v) is 3.55. The Morgan fingerprint density at radius 2 is 1.92 bits per heavy atom. The summed E-state index contributed by atoms with van der Waals surface area (Å²) >= 11 is 0. The average molecular weight is 175 g/mol. The number of likely N-dealkylation sites (N-methyl/N-ethyl adjacent to an activating group) is 1. The molecule has 0 aromatic rings. The van der Waals surface area contributed by atoms with Crippen molar-refractivity contribution in [2.45, 2.75) is 38.9 Å². The van der Waals surface area contributed by atoms with Gasteiger partial charge in [-0.3, -0.25) is 0 Å². The molecule has 74 valence electrons. The van der Waals surface area contributed by atoms with E-state index in [0.29, 0.717) is 19.5 Å². The summed E-state index contributed by atoms with van der Waals surface area (Å²) < 4.78 is 0. The maximum atomic E-state index is 9.51. The number of rotatable bonds is 0. The first-order chi connectivity index (χ1) is 5.49. The third-order valence-corrected chi connectivity index (χ3v) is 1.81. The Hall–Kier alpha value is -0.120. The molecule has 0 saturated carbocycles. The maximum absolute atomic E-state index is 9.51. The lowest BCUT2D eigenvalue weighted by molar-refractivity contribution is -0.0609. The van der Waals surface area contributed by atoms with Gasteiger partial charge in [0.05, 0.1) is 11.7 Å². The quantitative estimate of drug-likeness (QED) is 0.562. The molecule has 12 heavy (non-hydrogen) atoms. The van der Waals surface area contributed by atoms with Gasteiger partial charge in [-0.15, -0.1) is 0 Å². The first kappa shape index (κ1) is 11.9. The van der Waals surface area contributed by atoms with Gasteiger partial charge in [-0.05, 0) is 14.0 Å². The molecule has 3 heteroatoms. The van der Waals surface area contributed by atoms with Gasteiger partial charge < -0.3 is 15.1 Å². The van der Waals surface area contributed by atoms with E-state index < -0.39 is 5.60 Å². The highest BCUT2D eigenvalue weighted by Crippen LogP contribution is 2.18. The summed E-state index contributed by atoms with van der Waals surface area (Å²) in [7, 11) is 1.90. The molecule has 3 nitrogen and oxygen atoms in total. The van der Waals surface area contributed by atoms with Gasteiger partial charge in [0.25, 0.3) is 0 Å². The lowest BCUT2D eigenvalue weighted by atomic mass is 9.94. The van der Waals surface area contributed by atoms with Crippen molar-refractivity contribution < 1.29 is 10.2 Å². The fourth-order valence-corrected chi connectivity index (χ4v) is 1.64. The lowest BCUT2D eigenvalue weighted by Crippen LogP contribution is -2.50. The van der Waals surface area contributed by atoms with Crippen LogP contribution < -0.4 is 0 Å². The minimum Gasteiger partial charge on any atom is -0.392 e. The zero-order chi connectivity index (χ0) is 9.78. The number of aliphatic hydroxyl groups is 2. The van der Waals surface area contributed by atoms with Crippen molar-refractivity contribution in [2.75, 3.05) is 20.1 Å². The average Bonchev–Trinajstić information content (AvgIpc) is 1.85. The van der Waals surface area contributed by atoms with Crippen molar-refractivity contribution in [2.24, 2.45) is 0 Å². The number of likely N-dealkylation sites (tertiary alicyclic amines) is 1. The normalized spacial score (nSPS) is 37.0. The highest BCUT2D eigenvalue weighted by Gasteiger charge is 2.31. The molecule has 0 spiro atoms. The Labute approximate surface area is 75.0 Å². The second kappa shape index (κ2) is 4.80. The minimum absolute atomic E-state index is 0.367. The number of aliphatic hydroxyl groups excluding tert-OH is 1. The minimum atomic E-state index is -0.702. The van der Waals surface area contributed by atoms with Crippen molar-refractivity contribution in [1.82, 2.24) is 4.90 Å². The molecule has 0 aliphatic carbocycles. The van der Waals surface area contributed by atoms with Crippen LogP contribution in [0.4, 0.5) is 0 Å². The van der Waals surface area contributed by atoms with Crippen molar-refractivity contribution in [3.8, 4) is 0 Å². The Morgan fingerprint density at radius 3 is 2.25 bits per heavy atom. The number of β-amino-alcohol motifs (C(OH)–C–C–N with tert-alkyl or cyclic N) is 2. The van der Waals surface area contributed by atoms with Crippen LogP contribution in [-0.4, -0.2) is 47.0 Å². The summed E-state index contributed by atoms with van der Waals surface area (Å²) in [5.41, 5.74) is -0.702. The van der Waals surface area contributed by atoms with Gasteiger partial charge in [0.1, 0.15) is 0 Å². The van der Waals surface area contributed by atoms with Crippen LogP contribution in [0.2, 0.25) is 0 Å². The number of hydrogen-bond donors (Lipinski definition) is 2. The Bertz CT molecular complexity index is 114. The van der Waals surface area contributed by atoms with E-state index in [-0.39, 0.29) is 6.10 Å². The molecule has 2 atom stereocenters. The third-order valence-electron chi connectivity index (χ3n) is 1.81. The molecule has 2 unspecified atom stereocenters. The topological polar surface area (TPSA) is 43.7 Å². The van der Waals surface area contributed by atoms with Crippen LogP contribution in [0.25, 0.3) is 0 Å². The lowest BCUT2D eigenvalue weighted by Gasteiger charge is -2.37. The van der Waals surface area contributed by atoms with Gasteiger partial charge >= 0.3 is 0 Å². The highest BCUT2D eigenvalue weighted by molar-refractivity contribution is 4.85. The predicted octanol–water partition coefficient (Wildman–Crippen LogP) is 0.460. The van der Waals surface area contributed by atoms with E-state index >= 15 is 0 Å². The third kappa shape index (κ3) is 4.04. The molecule has 1 saturated heterocycles. The first-order valence-electron chi connectivity index (χ1n) is 4.59. The molecule has 1 aliphatic rings. The van der Waals surface area contributed by atoms with E-state index in [1.54, 1.807) is 6.92 Å². The van der Waals surface area contributed by atoms with E-state index in [1.165, 1.54) is 0 Å². The molecule has 2 N–H and O–H groups in total. The van der Waals surface area contributed by atoms with Crippen LogP contribution in [0.1, 0.15) is 27.2 Å². The van der Waals surface area contributed by atoms with Gasteiger partial charge in [-0.25, -0.2) is 0 Å². The van der Waals surface area contributed by atoms with Gasteiger partial charge in [-0.1, -0.05) is 13.8 Å². The monoisotopic (exact) mass is 175 g/mol. The molecular formula is C9H21NO2. The van der Waals surface area contributed by atoms with Gasteiger partial charge in [0, 0.05) is 19.5 Å². The Balaban J connectivity index is 0.000000561. The van der Waals surface area contributed by atoms with Crippen molar-refractivity contribution in [1.29, 1.82) is 0 Å². The Kier molecular flexibility index (Phi) is 4.75. The summed E-state index contributed by atoms with van der Waals surface area (Å²) in [5.74, 6) is 0. The molecule has 1 aliphatic heterocycles. The highest BCUT2D eigenvalue weighted by atomic mass is 16.3. The van der Waals surface area contributed by atoms with E-state index in [1.807, 2.05) is 25.8 Å². The largest absolute Gasteiger partial charge is 0.392 e. The van der Waals surface area contributed by atoms with Crippen LogP contribution in [0.3, 0.4) is 0 Å². The Morgan fingerprint density at radius 1 is 1.42 bits per heavy atom. The standard InChI is InChI=1S/C7H15NO2.C2H6/c1-7(10)3-6(9)4-8(2)5-7;1-2/h6,9-10H,3-5H2,1-2H3;1-2H3. The van der Waals surface area contributed by atoms with Crippen LogP contribution >= 0.6 is 0 Å². The number of piperidine rings is 1. The van der Waals surface area contributed by atoms with Crippen LogP contribution in [-0.2, 0) is 0 Å². The fraction of sp³-hybridized carbons (Fsp3) is 1.00. The fourth-order valence-electron chi connectivity index (χ4n) is 1.64. The zero-order valence-electron chi connectivity index (χ0n) is 8.54. The molecule has 0 bridgehead atoms.